The van der Waals surface area contributed by atoms with Gasteiger partial charge in [0, 0.05) is 22.3 Å². The van der Waals surface area contributed by atoms with Crippen molar-refractivity contribution in [2.75, 3.05) is 4.72 Å². The minimum absolute atomic E-state index is 0.114. The molecule has 0 aromatic heterocycles. The Bertz CT molecular complexity index is 806. The number of nitrogens with zero attached hydrogens (tertiary/aromatic N) is 1. The van der Waals surface area contributed by atoms with Crippen LogP contribution in [0.2, 0.25) is 0 Å². The summed E-state index contributed by atoms with van der Waals surface area (Å²) in [6, 6.07) is 10.4. The molecule has 0 aliphatic rings. The second-order valence-electron chi connectivity index (χ2n) is 4.32. The highest BCUT2D eigenvalue weighted by Gasteiger charge is 2.20. The Morgan fingerprint density at radius 1 is 1.19 bits per heavy atom. The lowest BCUT2D eigenvalue weighted by Crippen LogP contribution is -2.14. The number of aryl methyl sites for hydroxylation is 1. The van der Waals surface area contributed by atoms with Crippen molar-refractivity contribution in [1.29, 1.82) is 0 Å². The SMILES string of the molecule is Cc1ccc([N+](=O)[O-])cc1S(=O)(=O)Nc1cccc(Br)c1. The Kier molecular flexibility index (Phi) is 4.29. The number of anilines is 1. The van der Waals surface area contributed by atoms with E-state index in [0.717, 1.165) is 10.5 Å². The molecule has 2 aromatic carbocycles. The summed E-state index contributed by atoms with van der Waals surface area (Å²) in [5.41, 5.74) is 0.536. The van der Waals surface area contributed by atoms with Crippen LogP contribution in [0, 0.1) is 17.0 Å². The molecule has 6 nitrogen and oxygen atoms in total. The molecule has 1 N–H and O–H groups in total. The first-order valence-electron chi connectivity index (χ1n) is 5.83. The predicted molar refractivity (Wildman–Crippen MR) is 82.8 cm³/mol. The Morgan fingerprint density at radius 3 is 2.52 bits per heavy atom. The molecule has 0 spiro atoms. The summed E-state index contributed by atoms with van der Waals surface area (Å²) < 4.78 is 27.8. The fourth-order valence-corrected chi connectivity index (χ4v) is 3.47. The number of halogens is 1. The first kappa shape index (κ1) is 15.5. The van der Waals surface area contributed by atoms with E-state index in [-0.39, 0.29) is 10.6 Å². The molecule has 0 unspecified atom stereocenters. The Hall–Kier alpha value is -1.93. The van der Waals surface area contributed by atoms with E-state index < -0.39 is 14.9 Å². The molecule has 0 bridgehead atoms. The fourth-order valence-electron chi connectivity index (χ4n) is 1.75. The van der Waals surface area contributed by atoms with E-state index in [1.54, 1.807) is 31.2 Å². The van der Waals surface area contributed by atoms with Crippen LogP contribution in [0.15, 0.2) is 51.8 Å². The Morgan fingerprint density at radius 2 is 1.90 bits per heavy atom. The van der Waals surface area contributed by atoms with Crippen LogP contribution in [0.3, 0.4) is 0 Å². The van der Waals surface area contributed by atoms with Crippen molar-refractivity contribution in [1.82, 2.24) is 0 Å². The topological polar surface area (TPSA) is 89.3 Å². The number of rotatable bonds is 4. The van der Waals surface area contributed by atoms with Crippen molar-refractivity contribution in [3.8, 4) is 0 Å². The van der Waals surface area contributed by atoms with Crippen molar-refractivity contribution < 1.29 is 13.3 Å². The van der Waals surface area contributed by atoms with Crippen molar-refractivity contribution in [3.63, 3.8) is 0 Å². The highest BCUT2D eigenvalue weighted by atomic mass is 79.9. The number of nitro groups is 1. The van der Waals surface area contributed by atoms with Crippen molar-refractivity contribution in [3.05, 3.63) is 62.6 Å². The number of nitro benzene ring substituents is 1. The lowest BCUT2D eigenvalue weighted by molar-refractivity contribution is -0.385. The van der Waals surface area contributed by atoms with Crippen LogP contribution in [0.25, 0.3) is 0 Å². The monoisotopic (exact) mass is 370 g/mol. The largest absolute Gasteiger partial charge is 0.280 e. The number of hydrogen-bond acceptors (Lipinski definition) is 4. The summed E-state index contributed by atoms with van der Waals surface area (Å²) in [6.45, 7) is 1.58. The van der Waals surface area contributed by atoms with E-state index >= 15 is 0 Å². The lowest BCUT2D eigenvalue weighted by atomic mass is 10.2. The highest BCUT2D eigenvalue weighted by molar-refractivity contribution is 9.10. The van der Waals surface area contributed by atoms with E-state index in [1.165, 1.54) is 12.1 Å². The summed E-state index contributed by atoms with van der Waals surface area (Å²) in [7, 11) is -3.89. The minimum Gasteiger partial charge on any atom is -0.280 e. The second kappa shape index (κ2) is 5.82. The van der Waals surface area contributed by atoms with Gasteiger partial charge in [0.15, 0.2) is 0 Å². The molecule has 2 rings (SSSR count). The van der Waals surface area contributed by atoms with Crippen LogP contribution in [0.1, 0.15) is 5.56 Å². The van der Waals surface area contributed by atoms with Gasteiger partial charge in [0.05, 0.1) is 9.82 Å². The van der Waals surface area contributed by atoms with Crippen LogP contribution in [-0.2, 0) is 10.0 Å². The minimum atomic E-state index is -3.89. The molecule has 0 aliphatic heterocycles. The summed E-state index contributed by atoms with van der Waals surface area (Å²) in [6.07, 6.45) is 0. The van der Waals surface area contributed by atoms with Gasteiger partial charge in [-0.3, -0.25) is 14.8 Å². The maximum Gasteiger partial charge on any atom is 0.270 e. The molecule has 21 heavy (non-hydrogen) atoms. The molecule has 0 saturated heterocycles. The van der Waals surface area contributed by atoms with Gasteiger partial charge in [-0.1, -0.05) is 28.1 Å². The molecular weight excluding hydrogens is 360 g/mol. The molecule has 0 heterocycles. The first-order valence-corrected chi connectivity index (χ1v) is 8.10. The van der Waals surface area contributed by atoms with Gasteiger partial charge in [0.2, 0.25) is 0 Å². The average molecular weight is 371 g/mol. The van der Waals surface area contributed by atoms with Crippen LogP contribution in [0.5, 0.6) is 0 Å². The van der Waals surface area contributed by atoms with Crippen molar-refractivity contribution in [2.24, 2.45) is 0 Å². The predicted octanol–water partition coefficient (Wildman–Crippen LogP) is 3.47. The Labute approximate surface area is 130 Å². The standard InChI is InChI=1S/C13H11BrN2O4S/c1-9-5-6-12(16(17)18)8-13(9)21(19,20)15-11-4-2-3-10(14)7-11/h2-8,15H,1H3. The van der Waals surface area contributed by atoms with E-state index in [9.17, 15) is 18.5 Å². The molecule has 8 heteroatoms. The van der Waals surface area contributed by atoms with E-state index in [4.69, 9.17) is 0 Å². The number of hydrogen-bond donors (Lipinski definition) is 1. The maximum atomic E-state index is 12.4. The molecule has 0 atom stereocenters. The van der Waals surface area contributed by atoms with Crippen molar-refractivity contribution in [2.45, 2.75) is 11.8 Å². The van der Waals surface area contributed by atoms with E-state index in [2.05, 4.69) is 20.7 Å². The molecule has 0 aliphatic carbocycles. The number of sulfonamides is 1. The molecule has 0 amide bonds. The van der Waals surface area contributed by atoms with Crippen LogP contribution in [0.4, 0.5) is 11.4 Å². The van der Waals surface area contributed by atoms with Gasteiger partial charge in [-0.25, -0.2) is 8.42 Å². The molecule has 0 fully saturated rings. The third-order valence-electron chi connectivity index (χ3n) is 2.75. The maximum absolute atomic E-state index is 12.4. The van der Waals surface area contributed by atoms with E-state index in [0.29, 0.717) is 11.3 Å². The number of nitrogens with one attached hydrogen (secondary N) is 1. The van der Waals surface area contributed by atoms with Gasteiger partial charge < -0.3 is 0 Å². The van der Waals surface area contributed by atoms with Gasteiger partial charge in [-0.2, -0.15) is 0 Å². The molecule has 0 saturated carbocycles. The first-order chi connectivity index (χ1) is 9.79. The smallest absolute Gasteiger partial charge is 0.270 e. The second-order valence-corrected chi connectivity index (χ2v) is 6.89. The van der Waals surface area contributed by atoms with Crippen molar-refractivity contribution >= 4 is 37.3 Å². The zero-order chi connectivity index (χ0) is 15.6. The van der Waals surface area contributed by atoms with Crippen LogP contribution >= 0.6 is 15.9 Å². The number of benzene rings is 2. The summed E-state index contributed by atoms with van der Waals surface area (Å²) in [4.78, 5) is 10.0. The highest BCUT2D eigenvalue weighted by Crippen LogP contribution is 2.25. The quantitative estimate of drug-likeness (QED) is 0.658. The average Bonchev–Trinajstić information content (AvgIpc) is 2.38. The van der Waals surface area contributed by atoms with Gasteiger partial charge in [0.25, 0.3) is 15.7 Å². The van der Waals surface area contributed by atoms with E-state index in [1.807, 2.05) is 0 Å². The summed E-state index contributed by atoms with van der Waals surface area (Å²) in [5, 5.41) is 10.8. The van der Waals surface area contributed by atoms with Crippen LogP contribution in [-0.4, -0.2) is 13.3 Å². The molecular formula is C13H11BrN2O4S. The number of non-ortho nitro benzene ring substituents is 1. The van der Waals surface area contributed by atoms with Crippen LogP contribution < -0.4 is 4.72 Å². The van der Waals surface area contributed by atoms with Gasteiger partial charge in [-0.15, -0.1) is 0 Å². The molecule has 110 valence electrons. The van der Waals surface area contributed by atoms with Gasteiger partial charge in [0.1, 0.15) is 0 Å². The van der Waals surface area contributed by atoms with Gasteiger partial charge in [-0.05, 0) is 30.7 Å². The van der Waals surface area contributed by atoms with Gasteiger partial charge >= 0.3 is 0 Å². The zero-order valence-electron chi connectivity index (χ0n) is 10.9. The third-order valence-corrected chi connectivity index (χ3v) is 4.77. The molecule has 0 radical (unpaired) electrons. The summed E-state index contributed by atoms with van der Waals surface area (Å²) >= 11 is 3.25. The fraction of sp³-hybridized carbons (Fsp3) is 0.0769. The third kappa shape index (κ3) is 3.59. The summed E-state index contributed by atoms with van der Waals surface area (Å²) in [5.74, 6) is 0. The Balaban J connectivity index is 2.44. The normalized spacial score (nSPS) is 11.1. The lowest BCUT2D eigenvalue weighted by Gasteiger charge is -2.10. The molecule has 2 aromatic rings. The zero-order valence-corrected chi connectivity index (χ0v) is 13.3.